The van der Waals surface area contributed by atoms with Crippen LogP contribution in [0.2, 0.25) is 5.02 Å². The summed E-state index contributed by atoms with van der Waals surface area (Å²) < 4.78 is 47.1. The van der Waals surface area contributed by atoms with Gasteiger partial charge in [-0.05, 0) is 11.6 Å². The van der Waals surface area contributed by atoms with Crippen LogP contribution in [0.4, 0.5) is 13.2 Å². The minimum atomic E-state index is -4.61. The molecule has 0 unspecified atom stereocenters. The van der Waals surface area contributed by atoms with Crippen molar-refractivity contribution < 1.29 is 17.9 Å². The Bertz CT molecular complexity index is 1110. The molecule has 30 heavy (non-hydrogen) atoms. The van der Waals surface area contributed by atoms with Crippen LogP contribution in [-0.2, 0) is 12.7 Å². The molecule has 3 rings (SSSR count). The lowest BCUT2D eigenvalue weighted by molar-refractivity contribution is -0.137. The van der Waals surface area contributed by atoms with Crippen molar-refractivity contribution in [3.63, 3.8) is 0 Å². The summed E-state index contributed by atoms with van der Waals surface area (Å²) in [5, 5.41) is -0.460. The molecule has 0 saturated carbocycles. The fourth-order valence-electron chi connectivity index (χ4n) is 2.96. The highest BCUT2D eigenvalue weighted by Gasteiger charge is 2.34. The summed E-state index contributed by atoms with van der Waals surface area (Å²) in [5.74, 6) is 0.0673. The highest BCUT2D eigenvalue weighted by molar-refractivity contribution is 6.34. The van der Waals surface area contributed by atoms with E-state index in [1.54, 1.807) is 11.6 Å². The molecule has 0 saturated heterocycles. The van der Waals surface area contributed by atoms with E-state index in [1.165, 1.54) is 30.6 Å². The normalized spacial score (nSPS) is 11.8. The molecule has 1 heterocycles. The molecule has 0 N–H and O–H groups in total. The molecule has 0 aliphatic heterocycles. The van der Waals surface area contributed by atoms with Crippen LogP contribution in [0.25, 0.3) is 11.3 Å². The lowest BCUT2D eigenvalue weighted by Gasteiger charge is -2.18. The van der Waals surface area contributed by atoms with Gasteiger partial charge in [0.2, 0.25) is 5.43 Å². The number of ether oxygens (including phenoxy) is 1. The van der Waals surface area contributed by atoms with Gasteiger partial charge in [-0.15, -0.1) is 0 Å². The molecule has 8 heteroatoms. The van der Waals surface area contributed by atoms with Crippen molar-refractivity contribution in [1.29, 1.82) is 0 Å². The van der Waals surface area contributed by atoms with Gasteiger partial charge in [-0.1, -0.05) is 54.1 Å². The zero-order valence-corrected chi connectivity index (χ0v) is 16.7. The molecule has 0 fully saturated rings. The molecule has 156 valence electrons. The topological polar surface area (TPSA) is 43.6 Å². The highest BCUT2D eigenvalue weighted by atomic mass is 35.5. The van der Waals surface area contributed by atoms with Crippen LogP contribution in [0.1, 0.15) is 11.1 Å². The maximum Gasteiger partial charge on any atom is 0.417 e. The largest absolute Gasteiger partial charge is 0.482 e. The fourth-order valence-corrected chi connectivity index (χ4v) is 3.28. The Kier molecular flexibility index (Phi) is 6.62. The highest BCUT2D eigenvalue weighted by Crippen LogP contribution is 2.39. The standard InChI is InChI=1S/C22H18ClF3N2O2/c1-27-10-11-30-20-14-28(13-15-6-3-2-4-7-15)18(12-19(20)29)16-8-5-9-17(21(16)23)22(24,25)26/h2-10,12,14H,11,13H2,1H3. The summed E-state index contributed by atoms with van der Waals surface area (Å²) in [6, 6.07) is 14.2. The van der Waals surface area contributed by atoms with E-state index >= 15 is 0 Å². The molecule has 1 aromatic heterocycles. The summed E-state index contributed by atoms with van der Waals surface area (Å²) in [4.78, 5) is 16.4. The number of nitrogens with zero attached hydrogens (tertiary/aromatic N) is 2. The van der Waals surface area contributed by atoms with Crippen LogP contribution >= 0.6 is 11.6 Å². The maximum atomic E-state index is 13.3. The summed E-state index contributed by atoms with van der Waals surface area (Å²) >= 11 is 6.11. The van der Waals surface area contributed by atoms with E-state index < -0.39 is 22.2 Å². The van der Waals surface area contributed by atoms with Crippen LogP contribution in [-0.4, -0.2) is 24.4 Å². The van der Waals surface area contributed by atoms with Crippen molar-refractivity contribution >= 4 is 17.8 Å². The third-order valence-electron chi connectivity index (χ3n) is 4.36. The Hall–Kier alpha value is -3.06. The number of pyridine rings is 1. The smallest absolute Gasteiger partial charge is 0.417 e. The number of benzene rings is 2. The van der Waals surface area contributed by atoms with Crippen molar-refractivity contribution in [2.75, 3.05) is 13.7 Å². The molecule has 3 aromatic rings. The maximum absolute atomic E-state index is 13.3. The van der Waals surface area contributed by atoms with Gasteiger partial charge in [0.25, 0.3) is 0 Å². The Morgan fingerprint density at radius 2 is 1.87 bits per heavy atom. The van der Waals surface area contributed by atoms with Crippen LogP contribution in [0.5, 0.6) is 5.75 Å². The van der Waals surface area contributed by atoms with Gasteiger partial charge in [0, 0.05) is 31.4 Å². The molecule has 0 aliphatic rings. The minimum Gasteiger partial charge on any atom is -0.482 e. The number of halogens is 4. The Labute approximate surface area is 176 Å². The lowest BCUT2D eigenvalue weighted by atomic mass is 10.1. The quantitative estimate of drug-likeness (QED) is 0.493. The zero-order chi connectivity index (χ0) is 21.7. The number of rotatable bonds is 6. The number of hydrogen-bond donors (Lipinski definition) is 0. The van der Waals surface area contributed by atoms with E-state index in [4.69, 9.17) is 16.3 Å². The van der Waals surface area contributed by atoms with E-state index in [0.29, 0.717) is 6.54 Å². The summed E-state index contributed by atoms with van der Waals surface area (Å²) in [5.41, 5.74) is -0.156. The molecule has 0 amide bonds. The van der Waals surface area contributed by atoms with Crippen LogP contribution in [0.3, 0.4) is 0 Å². The first-order valence-electron chi connectivity index (χ1n) is 8.99. The molecule has 0 spiro atoms. The van der Waals surface area contributed by atoms with Gasteiger partial charge in [-0.3, -0.25) is 9.79 Å². The lowest BCUT2D eigenvalue weighted by Crippen LogP contribution is -2.16. The molecule has 2 aromatic carbocycles. The number of hydrogen-bond acceptors (Lipinski definition) is 3. The van der Waals surface area contributed by atoms with Crippen molar-refractivity contribution in [3.8, 4) is 17.0 Å². The number of aromatic nitrogens is 1. The predicted molar refractivity (Wildman–Crippen MR) is 112 cm³/mol. The Morgan fingerprint density at radius 1 is 1.13 bits per heavy atom. The van der Waals surface area contributed by atoms with Gasteiger partial charge in [-0.25, -0.2) is 0 Å². The average Bonchev–Trinajstić information content (AvgIpc) is 2.70. The summed E-state index contributed by atoms with van der Waals surface area (Å²) in [6.07, 6.45) is -1.64. The second kappa shape index (κ2) is 9.17. The SMILES string of the molecule is CN=CCOc1cn(Cc2ccccc2)c(-c2cccc(C(F)(F)F)c2Cl)cc1=O. The number of aliphatic imine (C=N–C) groups is 1. The van der Waals surface area contributed by atoms with Crippen molar-refractivity contribution in [2.24, 2.45) is 4.99 Å². The third kappa shape index (κ3) is 4.91. The summed E-state index contributed by atoms with van der Waals surface area (Å²) in [7, 11) is 1.58. The second-order valence-corrected chi connectivity index (χ2v) is 6.80. The van der Waals surface area contributed by atoms with Gasteiger partial charge >= 0.3 is 6.18 Å². The van der Waals surface area contributed by atoms with Gasteiger partial charge in [0.15, 0.2) is 5.75 Å². The number of alkyl halides is 3. The third-order valence-corrected chi connectivity index (χ3v) is 4.77. The molecular weight excluding hydrogens is 417 g/mol. The average molecular weight is 435 g/mol. The van der Waals surface area contributed by atoms with Gasteiger partial charge in [-0.2, -0.15) is 13.2 Å². The molecule has 0 radical (unpaired) electrons. The van der Waals surface area contributed by atoms with E-state index in [1.807, 2.05) is 30.3 Å². The monoisotopic (exact) mass is 434 g/mol. The second-order valence-electron chi connectivity index (χ2n) is 6.42. The van der Waals surface area contributed by atoms with Gasteiger partial charge in [0.05, 0.1) is 22.5 Å². The van der Waals surface area contributed by atoms with E-state index in [0.717, 1.165) is 11.6 Å². The van der Waals surface area contributed by atoms with Gasteiger partial charge in [0.1, 0.15) is 6.61 Å². The van der Waals surface area contributed by atoms with Crippen molar-refractivity contribution in [1.82, 2.24) is 4.57 Å². The molecule has 0 bridgehead atoms. The first-order valence-corrected chi connectivity index (χ1v) is 9.37. The molecular formula is C22H18ClF3N2O2. The van der Waals surface area contributed by atoms with Crippen molar-refractivity contribution in [3.05, 3.63) is 87.2 Å². The zero-order valence-electron chi connectivity index (χ0n) is 16.0. The van der Waals surface area contributed by atoms with Crippen LogP contribution in [0.15, 0.2) is 70.6 Å². The van der Waals surface area contributed by atoms with Gasteiger partial charge < -0.3 is 9.30 Å². The molecule has 0 aliphatic carbocycles. The summed E-state index contributed by atoms with van der Waals surface area (Å²) in [6.45, 7) is 0.405. The first kappa shape index (κ1) is 21.6. The first-order chi connectivity index (χ1) is 14.3. The fraction of sp³-hybridized carbons (Fsp3) is 0.182. The van der Waals surface area contributed by atoms with Crippen LogP contribution in [0, 0.1) is 0 Å². The Balaban J connectivity index is 2.16. The van der Waals surface area contributed by atoms with E-state index in [2.05, 4.69) is 4.99 Å². The van der Waals surface area contributed by atoms with E-state index in [-0.39, 0.29) is 23.6 Å². The minimum absolute atomic E-state index is 0.0673. The predicted octanol–water partition coefficient (Wildman–Crippen LogP) is 5.32. The molecule has 0 atom stereocenters. The Morgan fingerprint density at radius 3 is 2.53 bits per heavy atom. The van der Waals surface area contributed by atoms with Crippen LogP contribution < -0.4 is 10.2 Å². The van der Waals surface area contributed by atoms with E-state index in [9.17, 15) is 18.0 Å². The van der Waals surface area contributed by atoms with Crippen molar-refractivity contribution in [2.45, 2.75) is 12.7 Å². The molecule has 4 nitrogen and oxygen atoms in total.